The summed E-state index contributed by atoms with van der Waals surface area (Å²) in [6, 6.07) is 9.04. The molecule has 162 valence electrons. The summed E-state index contributed by atoms with van der Waals surface area (Å²) in [5.41, 5.74) is 2.50. The molecule has 0 N–H and O–H groups in total. The first-order valence-corrected chi connectivity index (χ1v) is 11.0. The Bertz CT molecular complexity index is 988. The average Bonchev–Trinajstić information content (AvgIpc) is 3.05. The van der Waals surface area contributed by atoms with Crippen molar-refractivity contribution < 1.29 is 14.4 Å². The molecule has 2 aromatic rings. The van der Waals surface area contributed by atoms with Crippen LogP contribution in [0.25, 0.3) is 0 Å². The van der Waals surface area contributed by atoms with E-state index in [-0.39, 0.29) is 30.2 Å². The van der Waals surface area contributed by atoms with Crippen LogP contribution in [0.1, 0.15) is 53.0 Å². The zero-order valence-electron chi connectivity index (χ0n) is 18.1. The summed E-state index contributed by atoms with van der Waals surface area (Å²) in [4.78, 5) is 48.4. The number of imide groups is 1. The number of rotatable bonds is 6. The molecule has 7 nitrogen and oxygen atoms in total. The van der Waals surface area contributed by atoms with Gasteiger partial charge in [0.15, 0.2) is 0 Å². The van der Waals surface area contributed by atoms with Crippen LogP contribution in [-0.2, 0) is 11.3 Å². The summed E-state index contributed by atoms with van der Waals surface area (Å²) in [5.74, 6) is -0.468. The van der Waals surface area contributed by atoms with Gasteiger partial charge in [0.2, 0.25) is 5.91 Å². The maximum atomic E-state index is 13.3. The first-order valence-electron chi connectivity index (χ1n) is 11.0. The Morgan fingerprint density at radius 2 is 1.84 bits per heavy atom. The van der Waals surface area contributed by atoms with Gasteiger partial charge in [0.1, 0.15) is 0 Å². The molecule has 1 saturated heterocycles. The zero-order chi connectivity index (χ0) is 22.0. The molecule has 0 bridgehead atoms. The first kappa shape index (κ1) is 21.0. The zero-order valence-corrected chi connectivity index (χ0v) is 18.1. The van der Waals surface area contributed by atoms with E-state index in [1.165, 1.54) is 4.90 Å². The molecule has 0 radical (unpaired) electrons. The molecule has 1 fully saturated rings. The van der Waals surface area contributed by atoms with Crippen LogP contribution in [0.2, 0.25) is 0 Å². The van der Waals surface area contributed by atoms with Crippen molar-refractivity contribution >= 4 is 23.4 Å². The summed E-state index contributed by atoms with van der Waals surface area (Å²) in [7, 11) is 0. The van der Waals surface area contributed by atoms with Gasteiger partial charge in [-0.2, -0.15) is 0 Å². The molecular weight excluding hydrogens is 392 g/mol. The lowest BCUT2D eigenvalue weighted by Gasteiger charge is -2.36. The van der Waals surface area contributed by atoms with Gasteiger partial charge in [0, 0.05) is 38.6 Å². The van der Waals surface area contributed by atoms with Crippen LogP contribution in [-0.4, -0.2) is 58.7 Å². The lowest BCUT2D eigenvalue weighted by molar-refractivity contribution is -0.135. The molecule has 4 rings (SSSR count). The molecule has 7 heteroatoms. The van der Waals surface area contributed by atoms with E-state index in [0.717, 1.165) is 30.6 Å². The highest BCUT2D eigenvalue weighted by molar-refractivity contribution is 6.23. The summed E-state index contributed by atoms with van der Waals surface area (Å²) in [5, 5.41) is 0. The molecule has 1 atom stereocenters. The number of carbonyl (C=O) groups is 3. The molecule has 31 heavy (non-hydrogen) atoms. The fourth-order valence-electron chi connectivity index (χ4n) is 4.58. The van der Waals surface area contributed by atoms with Crippen LogP contribution < -0.4 is 4.90 Å². The Kier molecular flexibility index (Phi) is 6.02. The van der Waals surface area contributed by atoms with Crippen molar-refractivity contribution in [2.45, 2.75) is 33.2 Å². The van der Waals surface area contributed by atoms with E-state index in [1.54, 1.807) is 30.6 Å². The number of carbonyl (C=O) groups excluding carboxylic acids is 3. The second-order valence-corrected chi connectivity index (χ2v) is 8.05. The van der Waals surface area contributed by atoms with E-state index in [2.05, 4.69) is 9.88 Å². The van der Waals surface area contributed by atoms with Crippen molar-refractivity contribution in [1.82, 2.24) is 14.8 Å². The smallest absolute Gasteiger partial charge is 0.263 e. The lowest BCUT2D eigenvalue weighted by atomic mass is 9.94. The van der Waals surface area contributed by atoms with E-state index in [9.17, 15) is 14.4 Å². The normalized spacial score (nSPS) is 18.3. The summed E-state index contributed by atoms with van der Waals surface area (Å²) in [6.45, 7) is 6.94. The molecule has 3 heterocycles. The lowest BCUT2D eigenvalue weighted by Crippen LogP contribution is -2.45. The number of amides is 3. The van der Waals surface area contributed by atoms with Gasteiger partial charge in [-0.25, -0.2) is 0 Å². The van der Waals surface area contributed by atoms with Crippen molar-refractivity contribution in [3.8, 4) is 0 Å². The van der Waals surface area contributed by atoms with E-state index in [4.69, 9.17) is 0 Å². The second-order valence-electron chi connectivity index (χ2n) is 8.05. The van der Waals surface area contributed by atoms with Crippen molar-refractivity contribution in [2.24, 2.45) is 5.92 Å². The minimum atomic E-state index is -0.274. The highest BCUT2D eigenvalue weighted by Gasteiger charge is 2.39. The number of pyridine rings is 1. The van der Waals surface area contributed by atoms with E-state index in [0.29, 0.717) is 30.8 Å². The molecule has 1 aromatic carbocycles. The number of fused-ring (bicyclic) bond motifs is 1. The van der Waals surface area contributed by atoms with E-state index >= 15 is 0 Å². The van der Waals surface area contributed by atoms with Crippen LogP contribution in [0.4, 0.5) is 5.69 Å². The number of anilines is 1. The first-order chi connectivity index (χ1) is 15.0. The minimum Gasteiger partial charge on any atom is -0.370 e. The number of piperidine rings is 1. The highest BCUT2D eigenvalue weighted by atomic mass is 16.2. The van der Waals surface area contributed by atoms with Crippen LogP contribution in [0, 0.1) is 5.92 Å². The van der Waals surface area contributed by atoms with Crippen molar-refractivity contribution in [1.29, 1.82) is 0 Å². The summed E-state index contributed by atoms with van der Waals surface area (Å²) < 4.78 is 0. The third-order valence-corrected chi connectivity index (χ3v) is 6.25. The van der Waals surface area contributed by atoms with Crippen molar-refractivity contribution in [3.05, 3.63) is 59.4 Å². The topological polar surface area (TPSA) is 73.8 Å². The molecular formula is C24H28N4O3. The molecule has 0 saturated carbocycles. The molecule has 3 amide bonds. The largest absolute Gasteiger partial charge is 0.370 e. The van der Waals surface area contributed by atoms with Crippen LogP contribution in [0.15, 0.2) is 42.7 Å². The van der Waals surface area contributed by atoms with Gasteiger partial charge in [-0.1, -0.05) is 6.07 Å². The standard InChI is InChI=1S/C24H28N4O3/c1-3-26(4-2)22(29)18-7-6-14-27(16-18)20-9-5-8-19-21(20)24(31)28(23(19)30)15-17-10-12-25-13-11-17/h5,8-13,18H,3-4,6-7,14-16H2,1-2H3/t18-/m0/s1. The van der Waals surface area contributed by atoms with Gasteiger partial charge in [-0.3, -0.25) is 24.3 Å². The van der Waals surface area contributed by atoms with Gasteiger partial charge < -0.3 is 9.80 Å². The fraction of sp³-hybridized carbons (Fsp3) is 0.417. The number of aromatic nitrogens is 1. The molecule has 2 aliphatic heterocycles. The van der Waals surface area contributed by atoms with Gasteiger partial charge in [-0.05, 0) is 56.5 Å². The van der Waals surface area contributed by atoms with E-state index < -0.39 is 0 Å². The SMILES string of the molecule is CCN(CC)C(=O)[C@H]1CCCN(c2cccc3c2C(=O)N(Cc2ccncc2)C3=O)C1. The van der Waals surface area contributed by atoms with Crippen LogP contribution in [0.3, 0.4) is 0 Å². The average molecular weight is 421 g/mol. The number of hydrogen-bond donors (Lipinski definition) is 0. The van der Waals surface area contributed by atoms with Gasteiger partial charge in [0.05, 0.1) is 29.3 Å². The summed E-state index contributed by atoms with van der Waals surface area (Å²) in [6.07, 6.45) is 5.03. The van der Waals surface area contributed by atoms with Crippen LogP contribution in [0.5, 0.6) is 0 Å². The Labute approximate surface area is 182 Å². The Balaban J connectivity index is 1.59. The quantitative estimate of drug-likeness (QED) is 0.672. The van der Waals surface area contributed by atoms with Crippen LogP contribution >= 0.6 is 0 Å². The second kappa shape index (κ2) is 8.88. The predicted octanol–water partition coefficient (Wildman–Crippen LogP) is 2.96. The third kappa shape index (κ3) is 3.92. The number of nitrogens with zero attached hydrogens (tertiary/aromatic N) is 4. The van der Waals surface area contributed by atoms with Crippen molar-refractivity contribution in [2.75, 3.05) is 31.1 Å². The third-order valence-electron chi connectivity index (χ3n) is 6.25. The van der Waals surface area contributed by atoms with Gasteiger partial charge >= 0.3 is 0 Å². The monoisotopic (exact) mass is 420 g/mol. The van der Waals surface area contributed by atoms with E-state index in [1.807, 2.05) is 30.9 Å². The highest BCUT2D eigenvalue weighted by Crippen LogP contribution is 2.35. The maximum absolute atomic E-state index is 13.3. The summed E-state index contributed by atoms with van der Waals surface area (Å²) >= 11 is 0. The predicted molar refractivity (Wildman–Crippen MR) is 118 cm³/mol. The minimum absolute atomic E-state index is 0.0929. The Hall–Kier alpha value is -3.22. The number of hydrogen-bond acceptors (Lipinski definition) is 5. The van der Waals surface area contributed by atoms with Gasteiger partial charge in [-0.15, -0.1) is 0 Å². The van der Waals surface area contributed by atoms with Crippen molar-refractivity contribution in [3.63, 3.8) is 0 Å². The number of benzene rings is 1. The van der Waals surface area contributed by atoms with Gasteiger partial charge in [0.25, 0.3) is 11.8 Å². The Morgan fingerprint density at radius 3 is 2.55 bits per heavy atom. The molecule has 2 aliphatic rings. The Morgan fingerprint density at radius 1 is 1.10 bits per heavy atom. The maximum Gasteiger partial charge on any atom is 0.263 e. The molecule has 0 unspecified atom stereocenters. The molecule has 1 aromatic heterocycles. The molecule has 0 spiro atoms. The molecule has 0 aliphatic carbocycles. The fourth-order valence-corrected chi connectivity index (χ4v) is 4.58.